The van der Waals surface area contributed by atoms with Crippen molar-refractivity contribution in [3.8, 4) is 0 Å². The predicted octanol–water partition coefficient (Wildman–Crippen LogP) is 1.51. The molecular formula is C15H29N3O. The van der Waals surface area contributed by atoms with Crippen LogP contribution in [0.4, 0.5) is 0 Å². The predicted molar refractivity (Wildman–Crippen MR) is 78.2 cm³/mol. The molecule has 19 heavy (non-hydrogen) atoms. The third kappa shape index (κ3) is 5.91. The van der Waals surface area contributed by atoms with Crippen molar-refractivity contribution in [1.82, 2.24) is 15.5 Å². The monoisotopic (exact) mass is 267 g/mol. The zero-order valence-electron chi connectivity index (χ0n) is 12.1. The van der Waals surface area contributed by atoms with Crippen molar-refractivity contribution in [2.75, 3.05) is 32.7 Å². The first-order valence-electron chi connectivity index (χ1n) is 8.07. The Kier molecular flexibility index (Phi) is 6.65. The van der Waals surface area contributed by atoms with Gasteiger partial charge in [-0.1, -0.05) is 32.1 Å². The Labute approximate surface area is 117 Å². The van der Waals surface area contributed by atoms with E-state index in [1.807, 2.05) is 0 Å². The van der Waals surface area contributed by atoms with E-state index in [0.29, 0.717) is 12.5 Å². The molecule has 0 spiro atoms. The summed E-state index contributed by atoms with van der Waals surface area (Å²) in [4.78, 5) is 14.4. The summed E-state index contributed by atoms with van der Waals surface area (Å²) in [6, 6.07) is 0.441. The Morgan fingerprint density at radius 1 is 1.05 bits per heavy atom. The van der Waals surface area contributed by atoms with Gasteiger partial charge in [0.15, 0.2) is 0 Å². The SMILES string of the molecule is O=C(CCN1CCNCC1)NC1CCCCCCC1. The van der Waals surface area contributed by atoms with E-state index < -0.39 is 0 Å². The van der Waals surface area contributed by atoms with Gasteiger partial charge in [-0.05, 0) is 12.8 Å². The van der Waals surface area contributed by atoms with Gasteiger partial charge in [-0.2, -0.15) is 0 Å². The number of nitrogens with one attached hydrogen (secondary N) is 2. The highest BCUT2D eigenvalue weighted by Gasteiger charge is 2.15. The molecule has 2 rings (SSSR count). The van der Waals surface area contributed by atoms with Crippen LogP contribution in [0, 0.1) is 0 Å². The second kappa shape index (κ2) is 8.54. The first-order valence-corrected chi connectivity index (χ1v) is 8.07. The molecule has 1 saturated heterocycles. The van der Waals surface area contributed by atoms with Crippen molar-refractivity contribution in [3.63, 3.8) is 0 Å². The molecule has 2 fully saturated rings. The van der Waals surface area contributed by atoms with E-state index in [9.17, 15) is 4.79 Å². The fourth-order valence-electron chi connectivity index (χ4n) is 3.09. The molecule has 1 amide bonds. The van der Waals surface area contributed by atoms with Crippen LogP contribution in [0.25, 0.3) is 0 Å². The van der Waals surface area contributed by atoms with Crippen molar-refractivity contribution < 1.29 is 4.79 Å². The summed E-state index contributed by atoms with van der Waals surface area (Å²) in [7, 11) is 0. The smallest absolute Gasteiger partial charge is 0.221 e. The number of piperazine rings is 1. The van der Waals surface area contributed by atoms with E-state index in [0.717, 1.165) is 32.7 Å². The lowest BCUT2D eigenvalue weighted by atomic mass is 9.96. The first-order chi connectivity index (χ1) is 9.34. The number of amides is 1. The van der Waals surface area contributed by atoms with Gasteiger partial charge in [-0.25, -0.2) is 0 Å². The van der Waals surface area contributed by atoms with Crippen molar-refractivity contribution >= 4 is 5.91 Å². The van der Waals surface area contributed by atoms with Crippen molar-refractivity contribution in [3.05, 3.63) is 0 Å². The highest BCUT2D eigenvalue weighted by Crippen LogP contribution is 2.17. The molecule has 0 bridgehead atoms. The van der Waals surface area contributed by atoms with Crippen LogP contribution in [-0.2, 0) is 4.79 Å². The number of carbonyl (C=O) groups excluding carboxylic acids is 1. The summed E-state index contributed by atoms with van der Waals surface area (Å²) in [6.07, 6.45) is 9.64. The summed E-state index contributed by atoms with van der Waals surface area (Å²) in [5.74, 6) is 0.254. The molecule has 0 unspecified atom stereocenters. The van der Waals surface area contributed by atoms with Gasteiger partial charge in [-0.3, -0.25) is 4.79 Å². The molecule has 0 atom stereocenters. The molecule has 1 aliphatic carbocycles. The third-order valence-corrected chi connectivity index (χ3v) is 4.33. The molecule has 0 aromatic rings. The van der Waals surface area contributed by atoms with Gasteiger partial charge < -0.3 is 15.5 Å². The summed E-state index contributed by atoms with van der Waals surface area (Å²) in [5.41, 5.74) is 0. The van der Waals surface area contributed by atoms with Crippen LogP contribution < -0.4 is 10.6 Å². The molecule has 0 aromatic carbocycles. The fraction of sp³-hybridized carbons (Fsp3) is 0.933. The number of rotatable bonds is 4. The molecular weight excluding hydrogens is 238 g/mol. The van der Waals surface area contributed by atoms with Crippen molar-refractivity contribution in [2.45, 2.75) is 57.4 Å². The average Bonchev–Trinajstić information content (AvgIpc) is 2.41. The largest absolute Gasteiger partial charge is 0.353 e. The van der Waals surface area contributed by atoms with Crippen LogP contribution in [0.3, 0.4) is 0 Å². The van der Waals surface area contributed by atoms with E-state index in [1.54, 1.807) is 0 Å². The molecule has 1 aliphatic heterocycles. The number of nitrogens with zero attached hydrogens (tertiary/aromatic N) is 1. The quantitative estimate of drug-likeness (QED) is 0.811. The first kappa shape index (κ1) is 14.8. The van der Waals surface area contributed by atoms with Crippen LogP contribution in [0.2, 0.25) is 0 Å². The molecule has 2 N–H and O–H groups in total. The lowest BCUT2D eigenvalue weighted by Crippen LogP contribution is -2.45. The van der Waals surface area contributed by atoms with Crippen molar-refractivity contribution in [2.24, 2.45) is 0 Å². The molecule has 4 heteroatoms. The van der Waals surface area contributed by atoms with Crippen LogP contribution >= 0.6 is 0 Å². The average molecular weight is 267 g/mol. The van der Waals surface area contributed by atoms with Crippen LogP contribution in [-0.4, -0.2) is 49.6 Å². The number of hydrogen-bond donors (Lipinski definition) is 2. The molecule has 1 heterocycles. The van der Waals surface area contributed by atoms with Crippen LogP contribution in [0.15, 0.2) is 0 Å². The summed E-state index contributed by atoms with van der Waals surface area (Å²) in [5, 5.41) is 6.58. The van der Waals surface area contributed by atoms with Crippen LogP contribution in [0.1, 0.15) is 51.4 Å². The van der Waals surface area contributed by atoms with Gasteiger partial charge >= 0.3 is 0 Å². The highest BCUT2D eigenvalue weighted by atomic mass is 16.1. The maximum Gasteiger partial charge on any atom is 0.221 e. The van der Waals surface area contributed by atoms with E-state index in [1.165, 1.54) is 44.9 Å². The molecule has 0 radical (unpaired) electrons. The van der Waals surface area contributed by atoms with Gasteiger partial charge in [0.1, 0.15) is 0 Å². The Hall–Kier alpha value is -0.610. The Bertz CT molecular complexity index is 256. The van der Waals surface area contributed by atoms with E-state index >= 15 is 0 Å². The lowest BCUT2D eigenvalue weighted by molar-refractivity contribution is -0.122. The maximum absolute atomic E-state index is 12.0. The highest BCUT2D eigenvalue weighted by molar-refractivity contribution is 5.76. The molecule has 2 aliphatic rings. The van der Waals surface area contributed by atoms with Gasteiger partial charge in [0.25, 0.3) is 0 Å². The lowest BCUT2D eigenvalue weighted by Gasteiger charge is -2.27. The van der Waals surface area contributed by atoms with Gasteiger partial charge in [0.2, 0.25) is 5.91 Å². The molecule has 0 aromatic heterocycles. The van der Waals surface area contributed by atoms with E-state index in [2.05, 4.69) is 15.5 Å². The van der Waals surface area contributed by atoms with Gasteiger partial charge in [0, 0.05) is 45.2 Å². The maximum atomic E-state index is 12.0. The zero-order chi connectivity index (χ0) is 13.3. The standard InChI is InChI=1S/C15H29N3O/c19-15(8-11-18-12-9-16-10-13-18)17-14-6-4-2-1-3-5-7-14/h14,16H,1-13H2,(H,17,19). The number of carbonyl (C=O) groups is 1. The summed E-state index contributed by atoms with van der Waals surface area (Å²) < 4.78 is 0. The zero-order valence-corrected chi connectivity index (χ0v) is 12.1. The van der Waals surface area contributed by atoms with Gasteiger partial charge in [0.05, 0.1) is 0 Å². The Balaban J connectivity index is 1.61. The van der Waals surface area contributed by atoms with E-state index in [-0.39, 0.29) is 5.91 Å². The van der Waals surface area contributed by atoms with Gasteiger partial charge in [-0.15, -0.1) is 0 Å². The minimum Gasteiger partial charge on any atom is -0.353 e. The second-order valence-electron chi connectivity index (χ2n) is 5.95. The molecule has 4 nitrogen and oxygen atoms in total. The normalized spacial score (nSPS) is 23.6. The minimum atomic E-state index is 0.254. The molecule has 110 valence electrons. The summed E-state index contributed by atoms with van der Waals surface area (Å²) >= 11 is 0. The Morgan fingerprint density at radius 3 is 2.37 bits per heavy atom. The number of hydrogen-bond acceptors (Lipinski definition) is 3. The fourth-order valence-corrected chi connectivity index (χ4v) is 3.09. The third-order valence-electron chi connectivity index (χ3n) is 4.33. The second-order valence-corrected chi connectivity index (χ2v) is 5.95. The molecule has 1 saturated carbocycles. The Morgan fingerprint density at radius 2 is 1.68 bits per heavy atom. The minimum absolute atomic E-state index is 0.254. The van der Waals surface area contributed by atoms with Crippen molar-refractivity contribution in [1.29, 1.82) is 0 Å². The topological polar surface area (TPSA) is 44.4 Å². The van der Waals surface area contributed by atoms with Crippen LogP contribution in [0.5, 0.6) is 0 Å². The summed E-state index contributed by atoms with van der Waals surface area (Å²) in [6.45, 7) is 5.20. The van der Waals surface area contributed by atoms with E-state index in [4.69, 9.17) is 0 Å².